The molecule has 0 saturated carbocycles. The van der Waals surface area contributed by atoms with E-state index in [-0.39, 0.29) is 24.4 Å². The summed E-state index contributed by atoms with van der Waals surface area (Å²) >= 11 is 0. The van der Waals surface area contributed by atoms with Crippen molar-refractivity contribution in [2.24, 2.45) is 0 Å². The van der Waals surface area contributed by atoms with Gasteiger partial charge in [0, 0.05) is 50.9 Å². The van der Waals surface area contributed by atoms with Crippen LogP contribution in [0.25, 0.3) is 21.8 Å². The number of carbonyl (C=O) groups excluding carboxylic acids is 3. The van der Waals surface area contributed by atoms with Crippen LogP contribution in [0.4, 0.5) is 0 Å². The normalized spacial score (nSPS) is 10.8. The van der Waals surface area contributed by atoms with E-state index in [1.807, 2.05) is 103 Å². The molecule has 2 heterocycles. The van der Waals surface area contributed by atoms with Gasteiger partial charge in [-0.1, -0.05) is 66.7 Å². The fourth-order valence-corrected chi connectivity index (χ4v) is 5.67. The molecular formula is C41H48N4O6. The quantitative estimate of drug-likeness (QED) is 0.0958. The van der Waals surface area contributed by atoms with Gasteiger partial charge in [-0.15, -0.1) is 0 Å². The Hall–Kier alpha value is -5.19. The van der Waals surface area contributed by atoms with Crippen LogP contribution in [0.5, 0.6) is 0 Å². The summed E-state index contributed by atoms with van der Waals surface area (Å²) < 4.78 is 10.7. The molecule has 2 aromatic heterocycles. The average Bonchev–Trinajstić information content (AvgIpc) is 3.13. The van der Waals surface area contributed by atoms with E-state index in [0.717, 1.165) is 57.2 Å². The Morgan fingerprint density at radius 1 is 0.686 bits per heavy atom. The average molecular weight is 693 g/mol. The number of amides is 2. The first-order chi connectivity index (χ1) is 24.7. The molecule has 0 aliphatic carbocycles. The minimum Gasteiger partial charge on any atom is -0.465 e. The van der Waals surface area contributed by atoms with E-state index in [9.17, 15) is 14.4 Å². The number of methoxy groups -OCH3 is 1. The van der Waals surface area contributed by atoms with Crippen molar-refractivity contribution in [3.05, 3.63) is 119 Å². The molecule has 10 heteroatoms. The summed E-state index contributed by atoms with van der Waals surface area (Å²) in [5, 5.41) is 11.0. The van der Waals surface area contributed by atoms with Crippen LogP contribution in [0.15, 0.2) is 91.0 Å². The standard InChI is InChI=1S/C26H30N2O4.C15H18N2O2/c1-19-9-8-11-22(25(19)26(30)31-3)18-32-16-7-6-15-28(20(2)29)17-23-14-13-21-10-4-5-12-24(21)27-23;1-12(19)17(9-4-10-18)11-14-8-7-13-5-2-3-6-15(13)16-14/h4-5,8-14H,6-7,15-18H2,1-3H3;2-3,5-8,18H,4,9-11H2,1H3. The first-order valence-corrected chi connectivity index (χ1v) is 17.3. The Morgan fingerprint density at radius 3 is 1.76 bits per heavy atom. The first-order valence-electron chi connectivity index (χ1n) is 17.3. The minimum atomic E-state index is -0.346. The maximum Gasteiger partial charge on any atom is 0.338 e. The van der Waals surface area contributed by atoms with Crippen molar-refractivity contribution in [2.75, 3.05) is 33.4 Å². The second kappa shape index (κ2) is 19.9. The zero-order valence-corrected chi connectivity index (χ0v) is 30.0. The van der Waals surface area contributed by atoms with E-state index in [1.165, 1.54) is 7.11 Å². The zero-order chi connectivity index (χ0) is 36.6. The smallest absolute Gasteiger partial charge is 0.338 e. The predicted octanol–water partition coefficient (Wildman–Crippen LogP) is 6.64. The molecule has 5 rings (SSSR count). The summed E-state index contributed by atoms with van der Waals surface area (Å²) in [6.45, 7) is 8.18. The number of benzene rings is 3. The number of fused-ring (bicyclic) bond motifs is 2. The van der Waals surface area contributed by atoms with E-state index in [4.69, 9.17) is 14.6 Å². The van der Waals surface area contributed by atoms with E-state index in [0.29, 0.717) is 51.4 Å². The fourth-order valence-electron chi connectivity index (χ4n) is 5.67. The lowest BCUT2D eigenvalue weighted by Crippen LogP contribution is -2.30. The molecule has 51 heavy (non-hydrogen) atoms. The number of hydrogen-bond donors (Lipinski definition) is 1. The van der Waals surface area contributed by atoms with Crippen LogP contribution >= 0.6 is 0 Å². The van der Waals surface area contributed by atoms with Gasteiger partial charge in [-0.3, -0.25) is 19.6 Å². The molecule has 268 valence electrons. The molecule has 0 radical (unpaired) electrons. The Bertz CT molecular complexity index is 1910. The Kier molecular flexibility index (Phi) is 15.0. The van der Waals surface area contributed by atoms with Gasteiger partial charge in [-0.25, -0.2) is 4.79 Å². The third-order valence-corrected chi connectivity index (χ3v) is 8.47. The molecule has 1 N–H and O–H groups in total. The van der Waals surface area contributed by atoms with E-state index in [2.05, 4.69) is 9.97 Å². The number of aliphatic hydroxyl groups excluding tert-OH is 1. The number of para-hydroxylation sites is 2. The molecule has 10 nitrogen and oxygen atoms in total. The molecule has 0 aliphatic rings. The molecule has 0 fully saturated rings. The van der Waals surface area contributed by atoms with Gasteiger partial charge in [-0.2, -0.15) is 0 Å². The second-order valence-electron chi connectivity index (χ2n) is 12.3. The number of unbranched alkanes of at least 4 members (excludes halogenated alkanes) is 1. The van der Waals surface area contributed by atoms with E-state index in [1.54, 1.807) is 18.7 Å². The molecule has 0 aliphatic heterocycles. The number of ether oxygens (including phenoxy) is 2. The predicted molar refractivity (Wildman–Crippen MR) is 199 cm³/mol. The summed E-state index contributed by atoms with van der Waals surface area (Å²) in [7, 11) is 1.38. The largest absolute Gasteiger partial charge is 0.465 e. The van der Waals surface area contributed by atoms with Crippen molar-refractivity contribution in [1.82, 2.24) is 19.8 Å². The monoisotopic (exact) mass is 692 g/mol. The molecule has 3 aromatic carbocycles. The van der Waals surface area contributed by atoms with Crippen molar-refractivity contribution in [3.63, 3.8) is 0 Å². The molecule has 0 bridgehead atoms. The highest BCUT2D eigenvalue weighted by Crippen LogP contribution is 2.18. The van der Waals surface area contributed by atoms with Gasteiger partial charge in [0.1, 0.15) is 0 Å². The fraction of sp³-hybridized carbons (Fsp3) is 0.341. The number of aliphatic hydroxyl groups is 1. The molecular weight excluding hydrogens is 644 g/mol. The van der Waals surface area contributed by atoms with E-state index >= 15 is 0 Å². The number of aromatic nitrogens is 2. The topological polar surface area (TPSA) is 122 Å². The van der Waals surface area contributed by atoms with Gasteiger partial charge in [0.2, 0.25) is 11.8 Å². The number of rotatable bonds is 15. The number of carbonyl (C=O) groups is 3. The highest BCUT2D eigenvalue weighted by molar-refractivity contribution is 5.92. The maximum atomic E-state index is 12.1. The number of nitrogens with zero attached hydrogens (tertiary/aromatic N) is 4. The molecule has 0 saturated heterocycles. The van der Waals surface area contributed by atoms with Gasteiger partial charge in [-0.05, 0) is 61.6 Å². The van der Waals surface area contributed by atoms with Gasteiger partial charge < -0.3 is 24.4 Å². The summed E-state index contributed by atoms with van der Waals surface area (Å²) in [6.07, 6.45) is 2.23. The van der Waals surface area contributed by atoms with Crippen molar-refractivity contribution >= 4 is 39.6 Å². The van der Waals surface area contributed by atoms with Crippen molar-refractivity contribution in [3.8, 4) is 0 Å². The van der Waals surface area contributed by atoms with Crippen LogP contribution in [-0.2, 0) is 38.8 Å². The Balaban J connectivity index is 0.000000261. The van der Waals surface area contributed by atoms with E-state index < -0.39 is 0 Å². The Morgan fingerprint density at radius 2 is 1.24 bits per heavy atom. The number of aryl methyl sites for hydroxylation is 1. The van der Waals surface area contributed by atoms with Crippen LogP contribution in [-0.4, -0.2) is 76.1 Å². The molecule has 5 aromatic rings. The van der Waals surface area contributed by atoms with Crippen LogP contribution in [0.1, 0.15) is 66.0 Å². The van der Waals surface area contributed by atoms with Gasteiger partial charge in [0.05, 0.1) is 54.8 Å². The SMILES string of the molecule is CC(=O)N(CCCO)Cc1ccc2ccccc2n1.COC(=O)c1c(C)cccc1COCCCCN(Cc1ccc2ccccc2n1)C(C)=O. The lowest BCUT2D eigenvalue weighted by molar-refractivity contribution is -0.130. The lowest BCUT2D eigenvalue weighted by Gasteiger charge is -2.21. The van der Waals surface area contributed by atoms with Crippen LogP contribution in [0, 0.1) is 6.92 Å². The number of hydrogen-bond acceptors (Lipinski definition) is 8. The van der Waals surface area contributed by atoms with Crippen molar-refractivity contribution in [1.29, 1.82) is 0 Å². The summed E-state index contributed by atoms with van der Waals surface area (Å²) in [5.41, 5.74) is 5.88. The maximum absolute atomic E-state index is 12.1. The minimum absolute atomic E-state index is 0.00316. The highest BCUT2D eigenvalue weighted by Gasteiger charge is 2.15. The first kappa shape index (κ1) is 38.6. The lowest BCUT2D eigenvalue weighted by atomic mass is 10.0. The van der Waals surface area contributed by atoms with Gasteiger partial charge >= 0.3 is 5.97 Å². The Labute approximate surface area is 300 Å². The summed E-state index contributed by atoms with van der Waals surface area (Å²) in [4.78, 5) is 48.4. The van der Waals surface area contributed by atoms with Gasteiger partial charge in [0.15, 0.2) is 0 Å². The highest BCUT2D eigenvalue weighted by atomic mass is 16.5. The number of esters is 1. The molecule has 0 unspecified atom stereocenters. The molecule has 2 amide bonds. The third kappa shape index (κ3) is 11.7. The van der Waals surface area contributed by atoms with Crippen LogP contribution < -0.4 is 0 Å². The second-order valence-corrected chi connectivity index (χ2v) is 12.3. The van der Waals surface area contributed by atoms with Gasteiger partial charge in [0.25, 0.3) is 0 Å². The zero-order valence-electron chi connectivity index (χ0n) is 30.0. The van der Waals surface area contributed by atoms with Crippen molar-refractivity contribution < 1.29 is 29.0 Å². The number of pyridine rings is 2. The van der Waals surface area contributed by atoms with Crippen LogP contribution in [0.2, 0.25) is 0 Å². The molecule has 0 spiro atoms. The third-order valence-electron chi connectivity index (χ3n) is 8.47. The van der Waals surface area contributed by atoms with Crippen LogP contribution in [0.3, 0.4) is 0 Å². The summed E-state index contributed by atoms with van der Waals surface area (Å²) in [6, 6.07) is 29.5. The van der Waals surface area contributed by atoms with Crippen molar-refractivity contribution in [2.45, 2.75) is 59.7 Å². The summed E-state index contributed by atoms with van der Waals surface area (Å²) in [5.74, 6) is -0.312. The molecule has 0 atom stereocenters.